The molecule has 2 rings (SSSR count). The number of carbonyl (C=O) groups excluding carboxylic acids is 1. The monoisotopic (exact) mass is 288 g/mol. The molecule has 0 aromatic heterocycles. The number of amides is 1. The Morgan fingerprint density at radius 2 is 2.10 bits per heavy atom. The molecule has 0 aliphatic carbocycles. The van der Waals surface area contributed by atoms with Crippen LogP contribution in [0.5, 0.6) is 5.75 Å². The van der Waals surface area contributed by atoms with Gasteiger partial charge in [0.05, 0.1) is 5.56 Å². The molecule has 0 radical (unpaired) electrons. The number of hydrogen-bond acceptors (Lipinski definition) is 3. The minimum absolute atomic E-state index is 0.0169. The normalized spacial score (nSPS) is 10.2. The molecule has 110 valence electrons. The van der Waals surface area contributed by atoms with Crippen molar-refractivity contribution in [2.24, 2.45) is 5.73 Å². The summed E-state index contributed by atoms with van der Waals surface area (Å²) >= 11 is 0. The Bertz CT molecular complexity index is 644. The number of rotatable bonds is 5. The number of anilines is 1. The summed E-state index contributed by atoms with van der Waals surface area (Å²) in [6.45, 7) is 2.60. The van der Waals surface area contributed by atoms with Gasteiger partial charge in [-0.2, -0.15) is 0 Å². The average Bonchev–Trinajstić information content (AvgIpc) is 2.48. The molecule has 0 saturated carbocycles. The predicted molar refractivity (Wildman–Crippen MR) is 80.1 cm³/mol. The molecule has 0 saturated heterocycles. The topological polar surface area (TPSA) is 64.3 Å². The van der Waals surface area contributed by atoms with Crippen LogP contribution in [-0.4, -0.2) is 19.1 Å². The summed E-state index contributed by atoms with van der Waals surface area (Å²) in [6.07, 6.45) is 0. The second-order valence-corrected chi connectivity index (χ2v) is 4.60. The van der Waals surface area contributed by atoms with Gasteiger partial charge in [-0.25, -0.2) is 4.39 Å². The van der Waals surface area contributed by atoms with Crippen molar-refractivity contribution in [3.63, 3.8) is 0 Å². The van der Waals surface area contributed by atoms with Crippen molar-refractivity contribution in [3.05, 3.63) is 59.4 Å². The molecule has 0 spiro atoms. The lowest BCUT2D eigenvalue weighted by molar-refractivity contribution is 0.102. The third-order valence-corrected chi connectivity index (χ3v) is 2.84. The van der Waals surface area contributed by atoms with Gasteiger partial charge < -0.3 is 15.8 Å². The van der Waals surface area contributed by atoms with Gasteiger partial charge in [0, 0.05) is 18.3 Å². The lowest BCUT2D eigenvalue weighted by Crippen LogP contribution is -2.14. The molecule has 0 unspecified atom stereocenters. The first-order valence-electron chi connectivity index (χ1n) is 6.60. The summed E-state index contributed by atoms with van der Waals surface area (Å²) < 4.78 is 19.0. The number of hydrogen-bond donors (Lipinski definition) is 2. The number of nitrogens with two attached hydrogens (primary N) is 1. The molecule has 2 aromatic rings. The largest absolute Gasteiger partial charge is 0.492 e. The van der Waals surface area contributed by atoms with E-state index >= 15 is 0 Å². The zero-order valence-electron chi connectivity index (χ0n) is 11.7. The molecule has 2 aromatic carbocycles. The van der Waals surface area contributed by atoms with Crippen LogP contribution in [0.2, 0.25) is 0 Å². The van der Waals surface area contributed by atoms with E-state index < -0.39 is 11.7 Å². The van der Waals surface area contributed by atoms with Gasteiger partial charge >= 0.3 is 0 Å². The van der Waals surface area contributed by atoms with Crippen molar-refractivity contribution in [3.8, 4) is 5.75 Å². The molecule has 1 amide bonds. The predicted octanol–water partition coefficient (Wildman–Crippen LogP) is 2.72. The maximum atomic E-state index is 13.7. The fourth-order valence-corrected chi connectivity index (χ4v) is 1.85. The van der Waals surface area contributed by atoms with Crippen LogP contribution in [0.1, 0.15) is 15.9 Å². The van der Waals surface area contributed by atoms with Crippen LogP contribution in [0.4, 0.5) is 10.1 Å². The van der Waals surface area contributed by atoms with E-state index in [1.54, 1.807) is 37.3 Å². The summed E-state index contributed by atoms with van der Waals surface area (Å²) in [5.74, 6) is -0.441. The molecule has 0 aliphatic rings. The molecular weight excluding hydrogens is 271 g/mol. The molecule has 4 nitrogen and oxygen atoms in total. The first-order chi connectivity index (χ1) is 10.1. The van der Waals surface area contributed by atoms with Crippen molar-refractivity contribution in [1.82, 2.24) is 0 Å². The molecule has 0 fully saturated rings. The summed E-state index contributed by atoms with van der Waals surface area (Å²) in [5.41, 5.74) is 6.74. The molecular formula is C16H17FN2O2. The summed E-state index contributed by atoms with van der Waals surface area (Å²) in [5, 5.41) is 2.65. The van der Waals surface area contributed by atoms with Gasteiger partial charge in [-0.15, -0.1) is 0 Å². The lowest BCUT2D eigenvalue weighted by atomic mass is 10.1. The zero-order valence-corrected chi connectivity index (χ0v) is 11.7. The summed E-state index contributed by atoms with van der Waals surface area (Å²) in [6, 6.07) is 11.3. The van der Waals surface area contributed by atoms with Crippen LogP contribution in [0.15, 0.2) is 42.5 Å². The maximum Gasteiger partial charge on any atom is 0.258 e. The van der Waals surface area contributed by atoms with E-state index in [1.807, 2.05) is 0 Å². The quantitative estimate of drug-likeness (QED) is 0.889. The summed E-state index contributed by atoms with van der Waals surface area (Å²) in [7, 11) is 0. The van der Waals surface area contributed by atoms with Crippen LogP contribution >= 0.6 is 0 Å². The highest BCUT2D eigenvalue weighted by Gasteiger charge is 2.12. The molecule has 5 heteroatoms. The Balaban J connectivity index is 2.14. The third-order valence-electron chi connectivity index (χ3n) is 2.84. The van der Waals surface area contributed by atoms with Gasteiger partial charge in [0.15, 0.2) is 0 Å². The molecule has 21 heavy (non-hydrogen) atoms. The standard InChI is InChI=1S/C16H17FN2O2/c1-11-5-6-15(17)14(9-11)16(20)19-12-3-2-4-13(10-12)21-8-7-18/h2-6,9-10H,7-8,18H2,1H3,(H,19,20). The third kappa shape index (κ3) is 4.03. The molecule has 0 heterocycles. The smallest absolute Gasteiger partial charge is 0.258 e. The van der Waals surface area contributed by atoms with Gasteiger partial charge in [-0.1, -0.05) is 17.7 Å². The first-order valence-corrected chi connectivity index (χ1v) is 6.60. The highest BCUT2D eigenvalue weighted by Crippen LogP contribution is 2.19. The Hall–Kier alpha value is -2.40. The minimum atomic E-state index is -0.548. The van der Waals surface area contributed by atoms with Crippen molar-refractivity contribution in [2.45, 2.75) is 6.92 Å². The molecule has 0 atom stereocenters. The number of nitrogens with one attached hydrogen (secondary N) is 1. The van der Waals surface area contributed by atoms with E-state index in [4.69, 9.17) is 10.5 Å². The number of halogens is 1. The number of aryl methyl sites for hydroxylation is 1. The number of carbonyl (C=O) groups is 1. The van der Waals surface area contributed by atoms with Gasteiger partial charge in [0.2, 0.25) is 0 Å². The Morgan fingerprint density at radius 3 is 2.86 bits per heavy atom. The van der Waals surface area contributed by atoms with Gasteiger partial charge in [0.1, 0.15) is 18.2 Å². The van der Waals surface area contributed by atoms with E-state index in [0.29, 0.717) is 24.6 Å². The average molecular weight is 288 g/mol. The molecule has 0 aliphatic heterocycles. The number of benzene rings is 2. The second-order valence-electron chi connectivity index (χ2n) is 4.60. The second kappa shape index (κ2) is 6.85. The van der Waals surface area contributed by atoms with Crippen LogP contribution in [-0.2, 0) is 0 Å². The van der Waals surface area contributed by atoms with Crippen LogP contribution in [0, 0.1) is 12.7 Å². The maximum absolute atomic E-state index is 13.7. The highest BCUT2D eigenvalue weighted by atomic mass is 19.1. The minimum Gasteiger partial charge on any atom is -0.492 e. The van der Waals surface area contributed by atoms with Gasteiger partial charge in [0.25, 0.3) is 5.91 Å². The van der Waals surface area contributed by atoms with E-state index in [0.717, 1.165) is 5.56 Å². The Labute approximate surface area is 122 Å². The van der Waals surface area contributed by atoms with Crippen LogP contribution in [0.25, 0.3) is 0 Å². The van der Waals surface area contributed by atoms with Crippen molar-refractivity contribution in [2.75, 3.05) is 18.5 Å². The highest BCUT2D eigenvalue weighted by molar-refractivity contribution is 6.04. The zero-order chi connectivity index (χ0) is 15.2. The van der Waals surface area contributed by atoms with E-state index in [-0.39, 0.29) is 5.56 Å². The van der Waals surface area contributed by atoms with Crippen molar-refractivity contribution >= 4 is 11.6 Å². The lowest BCUT2D eigenvalue weighted by Gasteiger charge is -2.09. The fraction of sp³-hybridized carbons (Fsp3) is 0.188. The first kappa shape index (κ1) is 15.0. The van der Waals surface area contributed by atoms with Crippen LogP contribution in [0.3, 0.4) is 0 Å². The Kier molecular flexibility index (Phi) is 4.90. The fourth-order valence-electron chi connectivity index (χ4n) is 1.85. The number of ether oxygens (including phenoxy) is 1. The van der Waals surface area contributed by atoms with Crippen molar-refractivity contribution in [1.29, 1.82) is 0 Å². The van der Waals surface area contributed by atoms with Gasteiger partial charge in [-0.05, 0) is 31.2 Å². The van der Waals surface area contributed by atoms with E-state index in [9.17, 15) is 9.18 Å². The summed E-state index contributed by atoms with van der Waals surface area (Å²) in [4.78, 5) is 12.1. The molecule has 0 bridgehead atoms. The van der Waals surface area contributed by atoms with Gasteiger partial charge in [-0.3, -0.25) is 4.79 Å². The Morgan fingerprint density at radius 1 is 1.29 bits per heavy atom. The van der Waals surface area contributed by atoms with E-state index in [2.05, 4.69) is 5.32 Å². The van der Waals surface area contributed by atoms with E-state index in [1.165, 1.54) is 12.1 Å². The van der Waals surface area contributed by atoms with Crippen molar-refractivity contribution < 1.29 is 13.9 Å². The molecule has 3 N–H and O–H groups in total. The van der Waals surface area contributed by atoms with Crippen LogP contribution < -0.4 is 15.8 Å². The SMILES string of the molecule is Cc1ccc(F)c(C(=O)Nc2cccc(OCCN)c2)c1.